The van der Waals surface area contributed by atoms with Crippen LogP contribution in [0.25, 0.3) is 16.3 Å². The predicted molar refractivity (Wildman–Crippen MR) is 153 cm³/mol. The van der Waals surface area contributed by atoms with Crippen molar-refractivity contribution in [2.45, 2.75) is 37.6 Å². The fraction of sp³-hybridized carbons (Fsp3) is 0.346. The number of para-hydroxylation sites is 1. The van der Waals surface area contributed by atoms with E-state index < -0.39 is 31.7 Å². The van der Waals surface area contributed by atoms with Crippen LogP contribution >= 0.6 is 23.1 Å². The summed E-state index contributed by atoms with van der Waals surface area (Å²) in [6.07, 6.45) is 5.22. The molecule has 0 unspecified atom stereocenters. The Morgan fingerprint density at radius 3 is 2.42 bits per heavy atom. The van der Waals surface area contributed by atoms with Gasteiger partial charge in [0, 0.05) is 47.6 Å². The van der Waals surface area contributed by atoms with Gasteiger partial charge in [0.1, 0.15) is 10.4 Å². The van der Waals surface area contributed by atoms with Gasteiger partial charge in [-0.3, -0.25) is 0 Å². The molecule has 0 saturated carbocycles. The smallest absolute Gasteiger partial charge is 0.748 e. The Morgan fingerprint density at radius 1 is 1.05 bits per heavy atom. The number of aryl methyl sites for hydroxylation is 1. The number of ether oxygens (including phenoxy) is 1. The van der Waals surface area contributed by atoms with E-state index in [1.54, 1.807) is 30.2 Å². The molecule has 14 heteroatoms. The van der Waals surface area contributed by atoms with Crippen molar-refractivity contribution < 1.29 is 64.8 Å². The second-order valence-corrected chi connectivity index (χ2v) is 14.1. The van der Waals surface area contributed by atoms with Crippen molar-refractivity contribution in [2.75, 3.05) is 30.1 Å². The number of allylic oxidation sites excluding steroid dienone is 2. The largest absolute Gasteiger partial charge is 1.00 e. The fourth-order valence-electron chi connectivity index (χ4n) is 4.30. The summed E-state index contributed by atoms with van der Waals surface area (Å²) in [5.74, 6) is -0.197. The Balaban J connectivity index is 0.00000441. The molecule has 0 bridgehead atoms. The molecule has 0 aliphatic carbocycles. The first kappa shape index (κ1) is 33.1. The molecular weight excluding hydrogens is 604 g/mol. The summed E-state index contributed by atoms with van der Waals surface area (Å²) in [6.45, 7) is 2.78. The Morgan fingerprint density at radius 2 is 1.75 bits per heavy atom. The van der Waals surface area contributed by atoms with Crippen molar-refractivity contribution in [3.05, 3.63) is 64.2 Å². The number of hydrogen-bond acceptors (Lipinski definition) is 10. The van der Waals surface area contributed by atoms with Gasteiger partial charge < -0.3 is 18.7 Å². The van der Waals surface area contributed by atoms with Crippen LogP contribution in [-0.2, 0) is 26.8 Å². The van der Waals surface area contributed by atoms with Crippen LogP contribution in [-0.4, -0.2) is 51.1 Å². The maximum atomic E-state index is 11.2. The van der Waals surface area contributed by atoms with Gasteiger partial charge in [-0.25, -0.2) is 16.8 Å². The molecule has 2 aromatic carbocycles. The van der Waals surface area contributed by atoms with Gasteiger partial charge in [-0.1, -0.05) is 42.2 Å². The molecule has 0 fully saturated rings. The Kier molecular flexibility index (Phi) is 11.7. The summed E-state index contributed by atoms with van der Waals surface area (Å²) < 4.78 is 75.7. The molecule has 9 nitrogen and oxygen atoms in total. The molecule has 1 aliphatic rings. The van der Waals surface area contributed by atoms with Crippen molar-refractivity contribution >= 4 is 65.3 Å². The number of hydrogen-bond donors (Lipinski definition) is 0. The van der Waals surface area contributed by atoms with E-state index in [1.807, 2.05) is 58.9 Å². The maximum Gasteiger partial charge on any atom is 1.00 e. The van der Waals surface area contributed by atoms with Crippen molar-refractivity contribution in [2.24, 2.45) is 0 Å². The number of methoxy groups -OCH3 is 1. The summed E-state index contributed by atoms with van der Waals surface area (Å²) in [5, 5.41) is 1.83. The number of thiazole rings is 1. The van der Waals surface area contributed by atoms with Gasteiger partial charge in [0.25, 0.3) is 5.01 Å². The van der Waals surface area contributed by atoms with Crippen molar-refractivity contribution in [1.82, 2.24) is 0 Å². The standard InChI is InChI=1S/C26H30N2O7S4.Na/c1-3-19(16-25-27(12-6-14-38(29,30)31)21-8-4-5-9-23(21)36-25)17-26-28(13-7-15-39(32,33)34)22-18-20(35-2)10-11-24(22)37-26;/h4-5,8-11,16-18H,3,6-7,12-15H2,1-2H3,(H-,29,30,31,32,33,34);/q;+1/p-1. The van der Waals surface area contributed by atoms with Crippen LogP contribution in [0.3, 0.4) is 0 Å². The monoisotopic (exact) mass is 632 g/mol. The van der Waals surface area contributed by atoms with Gasteiger partial charge in [0.2, 0.25) is 5.52 Å². The molecule has 0 spiro atoms. The summed E-state index contributed by atoms with van der Waals surface area (Å²) in [5.41, 5.74) is 2.87. The molecule has 210 valence electrons. The second-order valence-electron chi connectivity index (χ2n) is 8.93. The summed E-state index contributed by atoms with van der Waals surface area (Å²) >= 11 is 3.14. The van der Waals surface area contributed by atoms with Crippen LogP contribution in [0.2, 0.25) is 0 Å². The SMILES string of the molecule is CCC(=Cc1sc2ccccc2[n+]1CCCS(=O)(=O)[O-])C=C1Sc2ccc(OC)cc2N1CCCS(=O)(=O)[O-].[Na+]. The predicted octanol–water partition coefficient (Wildman–Crippen LogP) is 1.32. The molecule has 1 aromatic heterocycles. The van der Waals surface area contributed by atoms with Gasteiger partial charge in [-0.15, -0.1) is 0 Å². The summed E-state index contributed by atoms with van der Waals surface area (Å²) in [4.78, 5) is 3.01. The van der Waals surface area contributed by atoms with Crippen LogP contribution in [0.1, 0.15) is 31.2 Å². The zero-order valence-electron chi connectivity index (χ0n) is 22.5. The molecule has 0 atom stereocenters. The van der Waals surface area contributed by atoms with E-state index >= 15 is 0 Å². The van der Waals surface area contributed by atoms with E-state index in [-0.39, 0.29) is 42.4 Å². The zero-order valence-corrected chi connectivity index (χ0v) is 27.8. The first-order valence-electron chi connectivity index (χ1n) is 12.3. The summed E-state index contributed by atoms with van der Waals surface area (Å²) in [6, 6.07) is 13.6. The molecule has 0 amide bonds. The number of anilines is 1. The van der Waals surface area contributed by atoms with Crippen molar-refractivity contribution in [1.29, 1.82) is 0 Å². The van der Waals surface area contributed by atoms with E-state index in [1.165, 1.54) is 0 Å². The minimum absolute atomic E-state index is 0. The minimum atomic E-state index is -4.32. The summed E-state index contributed by atoms with van der Waals surface area (Å²) in [7, 11) is -7.04. The van der Waals surface area contributed by atoms with Gasteiger partial charge >= 0.3 is 29.6 Å². The van der Waals surface area contributed by atoms with E-state index in [2.05, 4.69) is 12.2 Å². The molecule has 4 rings (SSSR count). The van der Waals surface area contributed by atoms with Gasteiger partial charge in [-0.05, 0) is 42.7 Å². The Labute approximate surface area is 265 Å². The van der Waals surface area contributed by atoms with Gasteiger partial charge in [0.15, 0.2) is 6.54 Å². The number of aromatic nitrogens is 1. The number of thioether (sulfide) groups is 1. The van der Waals surface area contributed by atoms with Crippen LogP contribution in [0.5, 0.6) is 5.75 Å². The van der Waals surface area contributed by atoms with E-state index in [0.717, 1.165) is 36.4 Å². The van der Waals surface area contributed by atoms with E-state index in [0.29, 0.717) is 25.3 Å². The van der Waals surface area contributed by atoms with Crippen molar-refractivity contribution in [3.8, 4) is 5.75 Å². The van der Waals surface area contributed by atoms with Crippen LogP contribution < -0.4 is 43.8 Å². The van der Waals surface area contributed by atoms with Crippen LogP contribution in [0.4, 0.5) is 5.69 Å². The third-order valence-electron chi connectivity index (χ3n) is 6.15. The third-order valence-corrected chi connectivity index (χ3v) is 9.95. The van der Waals surface area contributed by atoms with Crippen LogP contribution in [0.15, 0.2) is 64.0 Å². The molecule has 3 aromatic rings. The fourth-order valence-corrected chi connectivity index (χ4v) is 7.57. The molecular formula is C26H29N2NaO7S4. The maximum absolute atomic E-state index is 11.2. The Hall–Kier alpha value is -1.42. The van der Waals surface area contributed by atoms with Crippen LogP contribution in [0, 0.1) is 0 Å². The zero-order chi connectivity index (χ0) is 28.2. The average molecular weight is 633 g/mol. The third kappa shape index (κ3) is 8.79. The van der Waals surface area contributed by atoms with Gasteiger partial charge in [0.05, 0.1) is 38.1 Å². The molecule has 0 N–H and O–H groups in total. The second kappa shape index (κ2) is 14.2. The number of nitrogens with zero attached hydrogens (tertiary/aromatic N) is 2. The Bertz CT molecular complexity index is 1630. The van der Waals surface area contributed by atoms with E-state index in [9.17, 15) is 25.9 Å². The van der Waals surface area contributed by atoms with E-state index in [4.69, 9.17) is 4.74 Å². The molecule has 0 radical (unpaired) electrons. The molecule has 1 aliphatic heterocycles. The first-order chi connectivity index (χ1) is 18.5. The first-order valence-corrected chi connectivity index (χ1v) is 17.1. The average Bonchev–Trinajstić information content (AvgIpc) is 3.39. The normalized spacial score (nSPS) is 14.9. The minimum Gasteiger partial charge on any atom is -0.748 e. The molecule has 40 heavy (non-hydrogen) atoms. The quantitative estimate of drug-likeness (QED) is 0.165. The number of fused-ring (bicyclic) bond motifs is 2. The molecule has 2 heterocycles. The number of rotatable bonds is 12. The topological polar surface area (TPSA) is 131 Å². The van der Waals surface area contributed by atoms with Crippen molar-refractivity contribution in [3.63, 3.8) is 0 Å². The molecule has 0 saturated heterocycles. The van der Waals surface area contributed by atoms with Gasteiger partial charge in [-0.2, -0.15) is 4.57 Å². The number of benzene rings is 2.